The third-order valence-corrected chi connectivity index (χ3v) is 2.53. The van der Waals surface area contributed by atoms with Crippen LogP contribution in [0.3, 0.4) is 0 Å². The predicted molar refractivity (Wildman–Crippen MR) is 62.9 cm³/mol. The topological polar surface area (TPSA) is 42.7 Å². The molecule has 0 atom stereocenters. The van der Waals surface area contributed by atoms with Crippen molar-refractivity contribution in [2.75, 3.05) is 6.54 Å². The molecule has 0 saturated heterocycles. The monoisotopic (exact) mass is 216 g/mol. The smallest absolute Gasteiger partial charge is 0.0492 e. The lowest BCUT2D eigenvalue weighted by atomic mass is 10.2. The average molecular weight is 216 g/mol. The Labute approximate surface area is 95.3 Å². The summed E-state index contributed by atoms with van der Waals surface area (Å²) in [5.41, 5.74) is 2.46. The Kier molecular flexibility index (Phi) is 3.66. The van der Waals surface area contributed by atoms with Crippen molar-refractivity contribution in [3.63, 3.8) is 0 Å². The van der Waals surface area contributed by atoms with Crippen LogP contribution in [0.2, 0.25) is 0 Å². The van der Waals surface area contributed by atoms with Gasteiger partial charge >= 0.3 is 0 Å². The van der Waals surface area contributed by atoms with E-state index in [0.717, 1.165) is 19.5 Å². The van der Waals surface area contributed by atoms with Crippen molar-refractivity contribution in [2.45, 2.75) is 13.0 Å². The number of hydrogen-bond acceptors (Lipinski definition) is 3. The molecule has 84 valence electrons. The molecule has 2 rings (SSSR count). The van der Waals surface area contributed by atoms with Crippen LogP contribution in [0.5, 0.6) is 0 Å². The zero-order valence-electron chi connectivity index (χ0n) is 9.43. The third-order valence-electron chi connectivity index (χ3n) is 2.53. The molecule has 4 nitrogen and oxygen atoms in total. The summed E-state index contributed by atoms with van der Waals surface area (Å²) < 4.78 is 1.91. The molecule has 0 radical (unpaired) electrons. The van der Waals surface area contributed by atoms with Gasteiger partial charge in [0, 0.05) is 50.8 Å². The van der Waals surface area contributed by atoms with Gasteiger partial charge in [-0.1, -0.05) is 6.07 Å². The molecule has 0 amide bonds. The number of hydrogen-bond donors (Lipinski definition) is 1. The van der Waals surface area contributed by atoms with Gasteiger partial charge in [0.25, 0.3) is 0 Å². The molecule has 0 spiro atoms. The van der Waals surface area contributed by atoms with Crippen LogP contribution in [0.15, 0.2) is 36.8 Å². The third kappa shape index (κ3) is 2.90. The van der Waals surface area contributed by atoms with Gasteiger partial charge < -0.3 is 5.32 Å². The van der Waals surface area contributed by atoms with Crippen molar-refractivity contribution in [3.8, 4) is 0 Å². The minimum absolute atomic E-state index is 0.867. The second kappa shape index (κ2) is 5.42. The van der Waals surface area contributed by atoms with Gasteiger partial charge in [-0.3, -0.25) is 9.67 Å². The van der Waals surface area contributed by atoms with Crippen molar-refractivity contribution in [1.29, 1.82) is 0 Å². The Morgan fingerprint density at radius 3 is 2.94 bits per heavy atom. The first-order valence-corrected chi connectivity index (χ1v) is 5.43. The Balaban J connectivity index is 1.72. The summed E-state index contributed by atoms with van der Waals surface area (Å²) in [6.45, 7) is 1.82. The van der Waals surface area contributed by atoms with E-state index in [2.05, 4.69) is 21.5 Å². The number of pyridine rings is 1. The lowest BCUT2D eigenvalue weighted by molar-refractivity contribution is 0.642. The fourth-order valence-electron chi connectivity index (χ4n) is 1.60. The fourth-order valence-corrected chi connectivity index (χ4v) is 1.60. The Morgan fingerprint density at radius 1 is 1.31 bits per heavy atom. The van der Waals surface area contributed by atoms with Crippen LogP contribution in [0, 0.1) is 0 Å². The van der Waals surface area contributed by atoms with E-state index >= 15 is 0 Å². The van der Waals surface area contributed by atoms with Crippen molar-refractivity contribution in [3.05, 3.63) is 48.0 Å². The predicted octanol–water partition coefficient (Wildman–Crippen LogP) is 1.15. The number of aromatic nitrogens is 3. The first-order valence-electron chi connectivity index (χ1n) is 5.43. The van der Waals surface area contributed by atoms with Crippen molar-refractivity contribution < 1.29 is 0 Å². The molecule has 0 bridgehead atoms. The molecule has 2 aromatic heterocycles. The quantitative estimate of drug-likeness (QED) is 0.762. The molecule has 0 aliphatic heterocycles. The summed E-state index contributed by atoms with van der Waals surface area (Å²) in [6.07, 6.45) is 6.50. The van der Waals surface area contributed by atoms with Gasteiger partial charge in [-0.2, -0.15) is 5.10 Å². The number of nitrogens with zero attached hydrogens (tertiary/aromatic N) is 3. The van der Waals surface area contributed by atoms with Gasteiger partial charge in [-0.15, -0.1) is 0 Å². The molecular formula is C12H16N4. The van der Waals surface area contributed by atoms with Crippen LogP contribution in [-0.2, 0) is 20.0 Å². The van der Waals surface area contributed by atoms with Crippen LogP contribution in [0.1, 0.15) is 11.3 Å². The molecule has 0 aliphatic rings. The van der Waals surface area contributed by atoms with Crippen molar-refractivity contribution in [1.82, 2.24) is 20.1 Å². The molecular weight excluding hydrogens is 200 g/mol. The molecule has 2 heterocycles. The van der Waals surface area contributed by atoms with Crippen LogP contribution in [0.25, 0.3) is 0 Å². The maximum absolute atomic E-state index is 4.13. The Hall–Kier alpha value is -1.68. The molecule has 0 aromatic carbocycles. The van der Waals surface area contributed by atoms with Crippen molar-refractivity contribution in [2.24, 2.45) is 7.05 Å². The highest BCUT2D eigenvalue weighted by atomic mass is 15.3. The minimum Gasteiger partial charge on any atom is -0.312 e. The van der Waals surface area contributed by atoms with E-state index in [-0.39, 0.29) is 0 Å². The van der Waals surface area contributed by atoms with E-state index in [0.29, 0.717) is 0 Å². The molecule has 0 unspecified atom stereocenters. The second-order valence-electron chi connectivity index (χ2n) is 3.73. The Bertz CT molecular complexity index is 422. The zero-order chi connectivity index (χ0) is 11.2. The maximum Gasteiger partial charge on any atom is 0.0492 e. The van der Waals surface area contributed by atoms with Gasteiger partial charge in [0.15, 0.2) is 0 Å². The van der Waals surface area contributed by atoms with Gasteiger partial charge in [0.05, 0.1) is 0 Å². The number of rotatable bonds is 5. The maximum atomic E-state index is 4.13. The largest absolute Gasteiger partial charge is 0.312 e. The lowest BCUT2D eigenvalue weighted by Gasteiger charge is -2.04. The first kappa shape index (κ1) is 10.8. The minimum atomic E-state index is 0.867. The summed E-state index contributed by atoms with van der Waals surface area (Å²) >= 11 is 0. The standard InChI is InChI=1S/C12H16N4/c1-16-12(5-8-15-16)4-7-14-10-11-3-2-6-13-9-11/h2-3,5-6,8-9,14H,4,7,10H2,1H3. The summed E-state index contributed by atoms with van der Waals surface area (Å²) in [5, 5.41) is 7.52. The SMILES string of the molecule is Cn1nccc1CCNCc1cccnc1. The molecule has 0 aliphatic carbocycles. The van der Waals surface area contributed by atoms with Gasteiger partial charge in [0.1, 0.15) is 0 Å². The summed E-state index contributed by atoms with van der Waals surface area (Å²) in [6, 6.07) is 6.08. The summed E-state index contributed by atoms with van der Waals surface area (Å²) in [4.78, 5) is 4.07. The summed E-state index contributed by atoms with van der Waals surface area (Å²) in [7, 11) is 1.97. The molecule has 16 heavy (non-hydrogen) atoms. The average Bonchev–Trinajstić information content (AvgIpc) is 2.72. The Morgan fingerprint density at radius 2 is 2.25 bits per heavy atom. The highest BCUT2D eigenvalue weighted by Gasteiger charge is 1.97. The van der Waals surface area contributed by atoms with E-state index < -0.39 is 0 Å². The number of nitrogens with one attached hydrogen (secondary N) is 1. The van der Waals surface area contributed by atoms with E-state index in [4.69, 9.17) is 0 Å². The first-order chi connectivity index (χ1) is 7.86. The van der Waals surface area contributed by atoms with E-state index in [9.17, 15) is 0 Å². The zero-order valence-corrected chi connectivity index (χ0v) is 9.43. The van der Waals surface area contributed by atoms with E-state index in [1.165, 1.54) is 11.3 Å². The molecule has 0 fully saturated rings. The van der Waals surface area contributed by atoms with E-state index in [1.54, 1.807) is 6.20 Å². The van der Waals surface area contributed by atoms with Gasteiger partial charge in [-0.05, 0) is 17.7 Å². The van der Waals surface area contributed by atoms with Crippen LogP contribution < -0.4 is 5.32 Å². The second-order valence-corrected chi connectivity index (χ2v) is 3.73. The molecule has 0 saturated carbocycles. The van der Waals surface area contributed by atoms with Crippen LogP contribution >= 0.6 is 0 Å². The summed E-state index contributed by atoms with van der Waals surface area (Å²) in [5.74, 6) is 0. The van der Waals surface area contributed by atoms with E-state index in [1.807, 2.05) is 36.3 Å². The van der Waals surface area contributed by atoms with Crippen LogP contribution in [-0.4, -0.2) is 21.3 Å². The molecule has 4 heteroatoms. The normalized spacial score (nSPS) is 10.6. The molecule has 2 aromatic rings. The fraction of sp³-hybridized carbons (Fsp3) is 0.333. The highest BCUT2D eigenvalue weighted by Crippen LogP contribution is 1.97. The highest BCUT2D eigenvalue weighted by molar-refractivity contribution is 5.08. The lowest BCUT2D eigenvalue weighted by Crippen LogP contribution is -2.17. The van der Waals surface area contributed by atoms with Gasteiger partial charge in [-0.25, -0.2) is 0 Å². The van der Waals surface area contributed by atoms with Gasteiger partial charge in [0.2, 0.25) is 0 Å². The molecule has 1 N–H and O–H groups in total. The van der Waals surface area contributed by atoms with Crippen molar-refractivity contribution >= 4 is 0 Å². The van der Waals surface area contributed by atoms with Crippen LogP contribution in [0.4, 0.5) is 0 Å². The number of aryl methyl sites for hydroxylation is 1.